The highest BCUT2D eigenvalue weighted by molar-refractivity contribution is 7.12. The average Bonchev–Trinajstić information content (AvgIpc) is 3.33. The Morgan fingerprint density at radius 1 is 1.26 bits per heavy atom. The summed E-state index contributed by atoms with van der Waals surface area (Å²) in [4.78, 5) is 14.8. The fraction of sp³-hybridized carbons (Fsp3) is 0.118. The van der Waals surface area contributed by atoms with E-state index in [1.54, 1.807) is 34.8 Å². The number of hydrogen-bond donors (Lipinski definition) is 2. The third-order valence-corrected chi connectivity index (χ3v) is 5.87. The van der Waals surface area contributed by atoms with E-state index in [0.29, 0.717) is 6.54 Å². The van der Waals surface area contributed by atoms with Crippen molar-refractivity contribution in [3.05, 3.63) is 72.7 Å². The maximum Gasteiger partial charge on any atom is 0.244 e. The average molecular weight is 362 g/mol. The van der Waals surface area contributed by atoms with Crippen LogP contribution < -0.4 is 5.32 Å². The molecule has 3 aromatic heterocycles. The third-order valence-electron chi connectivity index (χ3n) is 3.19. The molecule has 0 aliphatic carbocycles. The summed E-state index contributed by atoms with van der Waals surface area (Å²) in [5.41, 5.74) is 0.909. The molecule has 3 heterocycles. The lowest BCUT2D eigenvalue weighted by Crippen LogP contribution is -2.19. The van der Waals surface area contributed by atoms with Crippen molar-refractivity contribution in [2.75, 3.05) is 0 Å². The molecule has 0 aromatic carbocycles. The smallest absolute Gasteiger partial charge is 0.244 e. The Kier molecular flexibility index (Phi) is 5.40. The topological polar surface area (TPSA) is 49.3 Å². The summed E-state index contributed by atoms with van der Waals surface area (Å²) in [5, 5.41) is 19.0. The van der Waals surface area contributed by atoms with Gasteiger partial charge in [0.25, 0.3) is 0 Å². The Morgan fingerprint density at radius 3 is 2.91 bits per heavy atom. The van der Waals surface area contributed by atoms with E-state index in [-0.39, 0.29) is 5.91 Å². The first kappa shape index (κ1) is 16.1. The number of aliphatic hydroxyl groups excluding tert-OH is 1. The molecular weight excluding hydrogens is 346 g/mol. The second-order valence-electron chi connectivity index (χ2n) is 4.83. The third kappa shape index (κ3) is 4.39. The van der Waals surface area contributed by atoms with Crippen LogP contribution in [-0.4, -0.2) is 11.0 Å². The fourth-order valence-corrected chi connectivity index (χ4v) is 4.27. The molecule has 0 bridgehead atoms. The number of carbonyl (C=O) groups is 1. The zero-order valence-electron chi connectivity index (χ0n) is 12.1. The first-order valence-corrected chi connectivity index (χ1v) is 9.64. The number of carbonyl (C=O) groups excluding carboxylic acids is 1. The number of amides is 1. The zero-order valence-corrected chi connectivity index (χ0v) is 14.6. The molecule has 3 rings (SSSR count). The summed E-state index contributed by atoms with van der Waals surface area (Å²) >= 11 is 4.68. The van der Waals surface area contributed by atoms with Crippen molar-refractivity contribution in [1.29, 1.82) is 0 Å². The van der Waals surface area contributed by atoms with Crippen LogP contribution in [0.25, 0.3) is 6.08 Å². The van der Waals surface area contributed by atoms with Crippen molar-refractivity contribution in [1.82, 2.24) is 5.32 Å². The van der Waals surface area contributed by atoms with Crippen LogP contribution in [0.4, 0.5) is 0 Å². The maximum atomic E-state index is 11.8. The van der Waals surface area contributed by atoms with Gasteiger partial charge in [0, 0.05) is 20.7 Å². The van der Waals surface area contributed by atoms with Crippen LogP contribution in [-0.2, 0) is 11.3 Å². The van der Waals surface area contributed by atoms with E-state index in [0.717, 1.165) is 20.2 Å². The molecule has 1 atom stereocenters. The Labute approximate surface area is 146 Å². The lowest BCUT2D eigenvalue weighted by Gasteiger charge is -2.05. The van der Waals surface area contributed by atoms with Crippen LogP contribution in [0.1, 0.15) is 26.3 Å². The van der Waals surface area contributed by atoms with Crippen molar-refractivity contribution in [3.8, 4) is 0 Å². The summed E-state index contributed by atoms with van der Waals surface area (Å²) in [6.07, 6.45) is 2.76. The van der Waals surface area contributed by atoms with E-state index < -0.39 is 6.10 Å². The van der Waals surface area contributed by atoms with Gasteiger partial charge in [-0.15, -0.1) is 22.7 Å². The van der Waals surface area contributed by atoms with Crippen molar-refractivity contribution >= 4 is 46.0 Å². The van der Waals surface area contributed by atoms with Gasteiger partial charge in [-0.1, -0.05) is 6.07 Å². The Hall–Kier alpha value is -1.73. The highest BCUT2D eigenvalue weighted by Gasteiger charge is 2.13. The quantitative estimate of drug-likeness (QED) is 0.644. The van der Waals surface area contributed by atoms with Crippen LogP contribution in [0, 0.1) is 0 Å². The summed E-state index contributed by atoms with van der Waals surface area (Å²) < 4.78 is 0. The Balaban J connectivity index is 1.54. The second-order valence-corrected chi connectivity index (χ2v) is 7.79. The second kappa shape index (κ2) is 7.70. The molecule has 0 spiro atoms. The molecule has 0 saturated heterocycles. The van der Waals surface area contributed by atoms with Crippen LogP contribution in [0.2, 0.25) is 0 Å². The summed E-state index contributed by atoms with van der Waals surface area (Å²) in [7, 11) is 0. The van der Waals surface area contributed by atoms with Crippen LogP contribution in [0.5, 0.6) is 0 Å². The van der Waals surface area contributed by atoms with Gasteiger partial charge < -0.3 is 10.4 Å². The molecule has 0 saturated carbocycles. The number of nitrogens with one attached hydrogen (secondary N) is 1. The molecule has 23 heavy (non-hydrogen) atoms. The molecule has 3 nitrogen and oxygen atoms in total. The van der Waals surface area contributed by atoms with Crippen molar-refractivity contribution in [3.63, 3.8) is 0 Å². The molecule has 0 aliphatic rings. The van der Waals surface area contributed by atoms with Crippen LogP contribution in [0.15, 0.2) is 52.5 Å². The van der Waals surface area contributed by atoms with Gasteiger partial charge in [-0.25, -0.2) is 0 Å². The van der Waals surface area contributed by atoms with E-state index in [1.165, 1.54) is 11.3 Å². The van der Waals surface area contributed by atoms with Gasteiger partial charge in [0.2, 0.25) is 5.91 Å². The molecule has 118 valence electrons. The molecule has 1 amide bonds. The van der Waals surface area contributed by atoms with Crippen molar-refractivity contribution < 1.29 is 9.90 Å². The van der Waals surface area contributed by atoms with E-state index in [9.17, 15) is 9.90 Å². The summed E-state index contributed by atoms with van der Waals surface area (Å²) in [6, 6.07) is 9.70. The van der Waals surface area contributed by atoms with E-state index in [1.807, 2.05) is 46.5 Å². The van der Waals surface area contributed by atoms with E-state index in [2.05, 4.69) is 5.32 Å². The molecular formula is C17H15NO2S3. The summed E-state index contributed by atoms with van der Waals surface area (Å²) in [6.45, 7) is 0.467. The van der Waals surface area contributed by atoms with Crippen molar-refractivity contribution in [2.24, 2.45) is 0 Å². The first-order chi connectivity index (χ1) is 11.2. The van der Waals surface area contributed by atoms with Gasteiger partial charge in [0.05, 0.1) is 6.54 Å². The monoisotopic (exact) mass is 361 g/mol. The SMILES string of the molecule is O=C(/C=C/c1cccs1)NCc1ccc(C(O)c2ccsc2)s1. The molecule has 0 fully saturated rings. The number of aliphatic hydroxyl groups is 1. The predicted molar refractivity (Wildman–Crippen MR) is 97.9 cm³/mol. The van der Waals surface area contributed by atoms with Gasteiger partial charge in [-0.2, -0.15) is 11.3 Å². The fourth-order valence-electron chi connectivity index (χ4n) is 2.01. The minimum absolute atomic E-state index is 0.119. The highest BCUT2D eigenvalue weighted by Crippen LogP contribution is 2.29. The zero-order chi connectivity index (χ0) is 16.1. The predicted octanol–water partition coefficient (Wildman–Crippen LogP) is 4.28. The first-order valence-electron chi connectivity index (χ1n) is 7.00. The van der Waals surface area contributed by atoms with E-state index >= 15 is 0 Å². The van der Waals surface area contributed by atoms with Gasteiger partial charge in [-0.05, 0) is 52.0 Å². The normalized spacial score (nSPS) is 12.6. The number of thiophene rings is 3. The van der Waals surface area contributed by atoms with Crippen LogP contribution >= 0.6 is 34.0 Å². The maximum absolute atomic E-state index is 11.8. The molecule has 0 radical (unpaired) electrons. The molecule has 2 N–H and O–H groups in total. The van der Waals surface area contributed by atoms with Gasteiger partial charge in [0.15, 0.2) is 0 Å². The van der Waals surface area contributed by atoms with Crippen LogP contribution in [0.3, 0.4) is 0 Å². The van der Waals surface area contributed by atoms with Gasteiger partial charge in [-0.3, -0.25) is 4.79 Å². The molecule has 6 heteroatoms. The Morgan fingerprint density at radius 2 is 2.17 bits per heavy atom. The summed E-state index contributed by atoms with van der Waals surface area (Å²) in [5.74, 6) is -0.119. The van der Waals surface area contributed by atoms with Crippen molar-refractivity contribution in [2.45, 2.75) is 12.6 Å². The number of rotatable bonds is 6. The van der Waals surface area contributed by atoms with Gasteiger partial charge >= 0.3 is 0 Å². The largest absolute Gasteiger partial charge is 0.383 e. The lowest BCUT2D eigenvalue weighted by atomic mass is 10.2. The Bertz CT molecular complexity index is 773. The highest BCUT2D eigenvalue weighted by atomic mass is 32.1. The van der Waals surface area contributed by atoms with Gasteiger partial charge in [0.1, 0.15) is 6.10 Å². The molecule has 0 aliphatic heterocycles. The minimum atomic E-state index is -0.588. The molecule has 3 aromatic rings. The standard InChI is InChI=1S/C17H15NO2S3/c19-16(6-4-13-2-1-8-22-13)18-10-14-3-5-15(23-14)17(20)12-7-9-21-11-12/h1-9,11,17,20H,10H2,(H,18,19)/b6-4+. The number of hydrogen-bond acceptors (Lipinski definition) is 5. The van der Waals surface area contributed by atoms with E-state index in [4.69, 9.17) is 0 Å². The minimum Gasteiger partial charge on any atom is -0.383 e. The lowest BCUT2D eigenvalue weighted by molar-refractivity contribution is -0.116. The molecule has 1 unspecified atom stereocenters.